The minimum atomic E-state index is -0.317. The lowest BCUT2D eigenvalue weighted by molar-refractivity contribution is -0.120. The molecule has 0 fully saturated rings. The van der Waals surface area contributed by atoms with E-state index in [2.05, 4.69) is 17.6 Å². The zero-order chi connectivity index (χ0) is 15.7. The van der Waals surface area contributed by atoms with Crippen LogP contribution in [0, 0.1) is 5.82 Å². The number of ether oxygens (including phenoxy) is 1. The fourth-order valence-corrected chi connectivity index (χ4v) is 2.00. The Kier molecular flexibility index (Phi) is 7.75. The summed E-state index contributed by atoms with van der Waals surface area (Å²) in [5.74, 6) is 0.210. The Balaban J connectivity index is 2.62. The van der Waals surface area contributed by atoms with Gasteiger partial charge in [-0.05, 0) is 32.4 Å². The molecule has 1 aromatic rings. The van der Waals surface area contributed by atoms with Gasteiger partial charge >= 0.3 is 0 Å². The number of carbonyl (C=O) groups is 1. The Morgan fingerprint density at radius 1 is 1.43 bits per heavy atom. The van der Waals surface area contributed by atoms with Crippen LogP contribution in [0.2, 0.25) is 0 Å². The monoisotopic (exact) mass is 296 g/mol. The lowest BCUT2D eigenvalue weighted by Gasteiger charge is -2.18. The third-order valence-corrected chi connectivity index (χ3v) is 3.23. The van der Waals surface area contributed by atoms with Crippen molar-refractivity contribution in [2.45, 2.75) is 39.2 Å². The van der Waals surface area contributed by atoms with Crippen LogP contribution in [0.25, 0.3) is 0 Å². The van der Waals surface area contributed by atoms with E-state index in [0.717, 1.165) is 18.5 Å². The first kappa shape index (κ1) is 17.4. The van der Waals surface area contributed by atoms with Crippen LogP contribution < -0.4 is 15.4 Å². The van der Waals surface area contributed by atoms with Gasteiger partial charge in [0.05, 0.1) is 6.61 Å². The highest BCUT2D eigenvalue weighted by atomic mass is 19.1. The minimum absolute atomic E-state index is 0.0175. The Morgan fingerprint density at radius 2 is 2.19 bits per heavy atom. The van der Waals surface area contributed by atoms with Crippen LogP contribution in [-0.2, 0) is 4.79 Å². The molecule has 0 aliphatic heterocycles. The predicted molar refractivity (Wildman–Crippen MR) is 81.9 cm³/mol. The maximum Gasteiger partial charge on any atom is 0.219 e. The molecule has 1 atom stereocenters. The molecule has 5 heteroatoms. The lowest BCUT2D eigenvalue weighted by Crippen LogP contribution is -2.20. The van der Waals surface area contributed by atoms with Gasteiger partial charge < -0.3 is 15.4 Å². The number of nitrogens with one attached hydrogen (secondary N) is 2. The van der Waals surface area contributed by atoms with Gasteiger partial charge in [0.15, 0.2) is 0 Å². The second kappa shape index (κ2) is 9.34. The van der Waals surface area contributed by atoms with E-state index >= 15 is 0 Å². The van der Waals surface area contributed by atoms with E-state index < -0.39 is 0 Å². The quantitative estimate of drug-likeness (QED) is 0.689. The van der Waals surface area contributed by atoms with Gasteiger partial charge in [0.2, 0.25) is 5.91 Å². The summed E-state index contributed by atoms with van der Waals surface area (Å²) < 4.78 is 19.0. The van der Waals surface area contributed by atoms with Crippen molar-refractivity contribution in [2.24, 2.45) is 0 Å². The van der Waals surface area contributed by atoms with Crippen LogP contribution in [0.15, 0.2) is 18.2 Å². The molecule has 0 saturated heterocycles. The predicted octanol–water partition coefficient (Wildman–Crippen LogP) is 2.79. The van der Waals surface area contributed by atoms with Crippen molar-refractivity contribution in [1.82, 2.24) is 10.6 Å². The average molecular weight is 296 g/mol. The second-order valence-corrected chi connectivity index (χ2v) is 4.98. The lowest BCUT2D eigenvalue weighted by atomic mass is 10.1. The van der Waals surface area contributed by atoms with Crippen molar-refractivity contribution in [2.75, 3.05) is 20.2 Å². The zero-order valence-electron chi connectivity index (χ0n) is 13.0. The largest absolute Gasteiger partial charge is 0.493 e. The molecule has 0 bridgehead atoms. The highest BCUT2D eigenvalue weighted by Gasteiger charge is 2.12. The molecule has 0 saturated carbocycles. The van der Waals surface area contributed by atoms with E-state index in [1.165, 1.54) is 12.1 Å². The Hall–Kier alpha value is -1.62. The zero-order valence-corrected chi connectivity index (χ0v) is 13.0. The number of hydrogen-bond acceptors (Lipinski definition) is 3. The average Bonchev–Trinajstić information content (AvgIpc) is 2.49. The molecular weight excluding hydrogens is 271 g/mol. The third kappa shape index (κ3) is 6.12. The molecule has 0 spiro atoms. The molecule has 1 amide bonds. The molecule has 4 nitrogen and oxygen atoms in total. The van der Waals surface area contributed by atoms with Crippen LogP contribution in [0.3, 0.4) is 0 Å². The summed E-state index contributed by atoms with van der Waals surface area (Å²) in [6.45, 7) is 5.42. The summed E-state index contributed by atoms with van der Waals surface area (Å²) in [6.07, 6.45) is 2.05. The van der Waals surface area contributed by atoms with Crippen molar-refractivity contribution in [3.63, 3.8) is 0 Å². The maximum absolute atomic E-state index is 13.4. The van der Waals surface area contributed by atoms with Crippen LogP contribution in [0.1, 0.15) is 44.7 Å². The molecule has 1 unspecified atom stereocenters. The number of halogens is 1. The van der Waals surface area contributed by atoms with Gasteiger partial charge in [-0.3, -0.25) is 4.79 Å². The normalized spacial score (nSPS) is 12.0. The van der Waals surface area contributed by atoms with Crippen molar-refractivity contribution in [3.8, 4) is 5.75 Å². The summed E-state index contributed by atoms with van der Waals surface area (Å²) in [7, 11) is 1.61. The molecule has 0 aromatic heterocycles. The van der Waals surface area contributed by atoms with Gasteiger partial charge in [-0.2, -0.15) is 0 Å². The van der Waals surface area contributed by atoms with Gasteiger partial charge in [0, 0.05) is 31.1 Å². The molecule has 1 rings (SSSR count). The maximum atomic E-state index is 13.4. The van der Waals surface area contributed by atoms with Crippen LogP contribution in [0.5, 0.6) is 5.75 Å². The minimum Gasteiger partial charge on any atom is -0.493 e. The number of hydrogen-bond donors (Lipinski definition) is 2. The van der Waals surface area contributed by atoms with Crippen LogP contribution in [0.4, 0.5) is 4.39 Å². The van der Waals surface area contributed by atoms with Gasteiger partial charge in [-0.1, -0.05) is 13.0 Å². The summed E-state index contributed by atoms with van der Waals surface area (Å²) in [6, 6.07) is 4.69. The summed E-state index contributed by atoms with van der Waals surface area (Å²) in [4.78, 5) is 11.1. The molecule has 0 heterocycles. The van der Waals surface area contributed by atoms with E-state index in [1.54, 1.807) is 13.1 Å². The first-order valence-corrected chi connectivity index (χ1v) is 7.44. The molecule has 0 radical (unpaired) electrons. The van der Waals surface area contributed by atoms with Gasteiger partial charge in [0.25, 0.3) is 0 Å². The fourth-order valence-electron chi connectivity index (χ4n) is 2.00. The van der Waals surface area contributed by atoms with Crippen molar-refractivity contribution < 1.29 is 13.9 Å². The molecular formula is C16H25FN2O2. The van der Waals surface area contributed by atoms with Crippen molar-refractivity contribution in [3.05, 3.63) is 29.6 Å². The number of benzene rings is 1. The summed E-state index contributed by atoms with van der Waals surface area (Å²) in [5, 5.41) is 5.92. The van der Waals surface area contributed by atoms with Crippen LogP contribution >= 0.6 is 0 Å². The Bertz CT molecular complexity index is 452. The third-order valence-electron chi connectivity index (χ3n) is 3.23. The second-order valence-electron chi connectivity index (χ2n) is 4.98. The van der Waals surface area contributed by atoms with Crippen molar-refractivity contribution in [1.29, 1.82) is 0 Å². The summed E-state index contributed by atoms with van der Waals surface area (Å²) in [5.41, 5.74) is 0.935. The van der Waals surface area contributed by atoms with E-state index in [0.29, 0.717) is 25.2 Å². The van der Waals surface area contributed by atoms with Crippen molar-refractivity contribution >= 4 is 5.91 Å². The van der Waals surface area contributed by atoms with Gasteiger partial charge in [0.1, 0.15) is 11.6 Å². The Morgan fingerprint density at radius 3 is 2.86 bits per heavy atom. The van der Waals surface area contributed by atoms with Crippen LogP contribution in [-0.4, -0.2) is 26.1 Å². The molecule has 21 heavy (non-hydrogen) atoms. The smallest absolute Gasteiger partial charge is 0.219 e. The number of rotatable bonds is 9. The fraction of sp³-hybridized carbons (Fsp3) is 0.562. The summed E-state index contributed by atoms with van der Waals surface area (Å²) >= 11 is 0. The molecule has 0 aliphatic carbocycles. The highest BCUT2D eigenvalue weighted by Crippen LogP contribution is 2.26. The Labute approximate surface area is 126 Å². The van der Waals surface area contributed by atoms with Gasteiger partial charge in [-0.25, -0.2) is 4.39 Å². The van der Waals surface area contributed by atoms with E-state index in [4.69, 9.17) is 4.74 Å². The molecule has 2 N–H and O–H groups in total. The molecule has 0 aliphatic rings. The number of amides is 1. The molecule has 1 aromatic carbocycles. The first-order valence-electron chi connectivity index (χ1n) is 7.44. The first-order chi connectivity index (χ1) is 10.1. The highest BCUT2D eigenvalue weighted by molar-refractivity contribution is 5.75. The van der Waals surface area contributed by atoms with E-state index in [1.807, 2.05) is 6.92 Å². The van der Waals surface area contributed by atoms with Gasteiger partial charge in [-0.15, -0.1) is 0 Å². The standard InChI is InChI=1S/C16H25FN2O2/c1-4-9-19-12(2)14-8-7-13(17)11-15(14)21-10-5-6-16(20)18-3/h7-8,11-12,19H,4-6,9-10H2,1-3H3,(H,18,20). The number of carbonyl (C=O) groups excluding carboxylic acids is 1. The SMILES string of the molecule is CCCNC(C)c1ccc(F)cc1OCCCC(=O)NC. The van der Waals surface area contributed by atoms with E-state index in [9.17, 15) is 9.18 Å². The van der Waals surface area contributed by atoms with E-state index in [-0.39, 0.29) is 17.8 Å². The molecule has 118 valence electrons. The topological polar surface area (TPSA) is 50.4 Å².